The van der Waals surface area contributed by atoms with Gasteiger partial charge in [-0.2, -0.15) is 10.2 Å². The van der Waals surface area contributed by atoms with E-state index in [9.17, 15) is 5.11 Å². The lowest BCUT2D eigenvalue weighted by Gasteiger charge is -2.16. The molecule has 19 heavy (non-hydrogen) atoms. The quantitative estimate of drug-likeness (QED) is 0.918. The summed E-state index contributed by atoms with van der Waals surface area (Å²) in [5.74, 6) is 0. The van der Waals surface area contributed by atoms with Gasteiger partial charge in [-0.15, -0.1) is 0 Å². The predicted molar refractivity (Wildman–Crippen MR) is 76.1 cm³/mol. The second-order valence-corrected chi connectivity index (χ2v) is 5.12. The van der Waals surface area contributed by atoms with E-state index in [-0.39, 0.29) is 0 Å². The Morgan fingerprint density at radius 2 is 1.68 bits per heavy atom. The molecule has 1 unspecified atom stereocenters. The van der Waals surface area contributed by atoms with Crippen LogP contribution in [0.1, 0.15) is 39.7 Å². The molecule has 0 spiro atoms. The maximum absolute atomic E-state index is 10.5. The molecule has 1 aromatic carbocycles. The van der Waals surface area contributed by atoms with Gasteiger partial charge in [0.15, 0.2) is 0 Å². The van der Waals surface area contributed by atoms with Crippen LogP contribution in [0.25, 0.3) is 0 Å². The third kappa shape index (κ3) is 2.99. The van der Waals surface area contributed by atoms with Crippen LogP contribution >= 0.6 is 0 Å². The fraction of sp³-hybridized carbons (Fsp3) is 0.375. The molecule has 3 nitrogen and oxygen atoms in total. The summed E-state index contributed by atoms with van der Waals surface area (Å²) in [5.41, 5.74) is 6.15. The monoisotopic (exact) mass is 256 g/mol. The highest BCUT2D eigenvalue weighted by molar-refractivity contribution is 5.35. The number of rotatable bonds is 3. The van der Waals surface area contributed by atoms with Gasteiger partial charge in [0.2, 0.25) is 0 Å². The molecule has 1 N–H and O–H groups in total. The van der Waals surface area contributed by atoms with Crippen LogP contribution in [0, 0.1) is 27.7 Å². The Balaban J connectivity index is 2.31. The highest BCUT2D eigenvalue weighted by Gasteiger charge is 2.15. The largest absolute Gasteiger partial charge is 0.388 e. The van der Waals surface area contributed by atoms with Crippen LogP contribution in [0.5, 0.6) is 0 Å². The van der Waals surface area contributed by atoms with Gasteiger partial charge in [0.1, 0.15) is 0 Å². The number of aromatic nitrogens is 2. The molecule has 0 aliphatic carbocycles. The van der Waals surface area contributed by atoms with Gasteiger partial charge in [-0.3, -0.25) is 0 Å². The van der Waals surface area contributed by atoms with E-state index in [1.807, 2.05) is 26.0 Å². The van der Waals surface area contributed by atoms with Gasteiger partial charge < -0.3 is 5.11 Å². The zero-order valence-electron chi connectivity index (χ0n) is 11.9. The Labute approximate surface area is 114 Å². The highest BCUT2D eigenvalue weighted by atomic mass is 16.3. The van der Waals surface area contributed by atoms with Crippen LogP contribution in [0.2, 0.25) is 0 Å². The number of aliphatic hydroxyl groups excluding tert-OH is 1. The molecule has 0 saturated heterocycles. The first-order chi connectivity index (χ1) is 8.99. The summed E-state index contributed by atoms with van der Waals surface area (Å²) in [6, 6.07) is 8.13. The summed E-state index contributed by atoms with van der Waals surface area (Å²) in [7, 11) is 0. The summed E-state index contributed by atoms with van der Waals surface area (Å²) < 4.78 is 0. The number of nitrogens with zero attached hydrogens (tertiary/aromatic N) is 2. The second kappa shape index (κ2) is 5.49. The minimum absolute atomic E-state index is 0.533. The Morgan fingerprint density at radius 3 is 2.32 bits per heavy atom. The maximum atomic E-state index is 10.5. The molecule has 0 aliphatic rings. The minimum Gasteiger partial charge on any atom is -0.388 e. The lowest BCUT2D eigenvalue weighted by molar-refractivity contribution is 0.176. The van der Waals surface area contributed by atoms with Crippen LogP contribution in [-0.2, 0) is 6.42 Å². The molecule has 100 valence electrons. The van der Waals surface area contributed by atoms with Crippen molar-refractivity contribution in [2.24, 2.45) is 0 Å². The first kappa shape index (κ1) is 13.7. The molecule has 3 heteroatoms. The van der Waals surface area contributed by atoms with Crippen LogP contribution in [0.15, 0.2) is 24.3 Å². The van der Waals surface area contributed by atoms with Gasteiger partial charge in [-0.25, -0.2) is 0 Å². The third-order valence-corrected chi connectivity index (χ3v) is 3.54. The van der Waals surface area contributed by atoms with Crippen molar-refractivity contribution in [2.75, 3.05) is 0 Å². The van der Waals surface area contributed by atoms with Gasteiger partial charge in [-0.1, -0.05) is 18.2 Å². The fourth-order valence-electron chi connectivity index (χ4n) is 2.38. The van der Waals surface area contributed by atoms with Crippen molar-refractivity contribution in [3.8, 4) is 0 Å². The van der Waals surface area contributed by atoms with E-state index in [0.717, 1.165) is 17.0 Å². The molecule has 0 bridgehead atoms. The molecule has 1 heterocycles. The lowest BCUT2D eigenvalue weighted by Crippen LogP contribution is -2.08. The average Bonchev–Trinajstić information content (AvgIpc) is 2.37. The minimum atomic E-state index is -0.533. The van der Waals surface area contributed by atoms with E-state index in [1.165, 1.54) is 16.7 Å². The normalized spacial score (nSPS) is 12.5. The number of aryl methyl sites for hydroxylation is 4. The van der Waals surface area contributed by atoms with Crippen molar-refractivity contribution in [3.05, 3.63) is 57.9 Å². The van der Waals surface area contributed by atoms with Crippen LogP contribution in [-0.4, -0.2) is 15.3 Å². The van der Waals surface area contributed by atoms with Crippen molar-refractivity contribution in [2.45, 2.75) is 40.2 Å². The summed E-state index contributed by atoms with van der Waals surface area (Å²) in [6.45, 7) is 7.94. The first-order valence-electron chi connectivity index (χ1n) is 6.53. The topological polar surface area (TPSA) is 46.0 Å². The number of hydrogen-bond acceptors (Lipinski definition) is 3. The van der Waals surface area contributed by atoms with Crippen molar-refractivity contribution in [1.29, 1.82) is 0 Å². The Kier molecular flexibility index (Phi) is 3.96. The summed E-state index contributed by atoms with van der Waals surface area (Å²) in [5, 5.41) is 18.5. The van der Waals surface area contributed by atoms with Gasteiger partial charge in [0.05, 0.1) is 17.5 Å². The molecular weight excluding hydrogens is 236 g/mol. The van der Waals surface area contributed by atoms with E-state index in [2.05, 4.69) is 36.2 Å². The zero-order valence-corrected chi connectivity index (χ0v) is 11.9. The average molecular weight is 256 g/mol. The standard InChI is InChI=1S/C16H20N2O/c1-10-6-5-7-11(2)14(10)9-16(19)15-8-12(3)17-18-13(15)4/h5-8,16,19H,9H2,1-4H3. The highest BCUT2D eigenvalue weighted by Crippen LogP contribution is 2.24. The van der Waals surface area contributed by atoms with Crippen LogP contribution in [0.4, 0.5) is 0 Å². The zero-order chi connectivity index (χ0) is 14.0. The van der Waals surface area contributed by atoms with Crippen LogP contribution in [0.3, 0.4) is 0 Å². The molecule has 0 fully saturated rings. The van der Waals surface area contributed by atoms with Gasteiger partial charge >= 0.3 is 0 Å². The molecule has 1 aromatic heterocycles. The van der Waals surface area contributed by atoms with Gasteiger partial charge in [0.25, 0.3) is 0 Å². The summed E-state index contributed by atoms with van der Waals surface area (Å²) in [6.07, 6.45) is 0.0822. The first-order valence-corrected chi connectivity index (χ1v) is 6.53. The Hall–Kier alpha value is -1.74. The number of benzene rings is 1. The molecule has 0 amide bonds. The molecule has 1 atom stereocenters. The van der Waals surface area contributed by atoms with Crippen LogP contribution < -0.4 is 0 Å². The number of aliphatic hydroxyl groups is 1. The van der Waals surface area contributed by atoms with Gasteiger partial charge in [-0.05, 0) is 50.5 Å². The Morgan fingerprint density at radius 1 is 1.05 bits per heavy atom. The molecule has 0 aliphatic heterocycles. The van der Waals surface area contributed by atoms with E-state index in [0.29, 0.717) is 6.42 Å². The predicted octanol–water partition coefficient (Wildman–Crippen LogP) is 2.99. The fourth-order valence-corrected chi connectivity index (χ4v) is 2.38. The lowest BCUT2D eigenvalue weighted by atomic mass is 9.94. The van der Waals surface area contributed by atoms with Crippen molar-refractivity contribution < 1.29 is 5.11 Å². The van der Waals surface area contributed by atoms with E-state index in [1.54, 1.807) is 0 Å². The number of hydrogen-bond donors (Lipinski definition) is 1. The van der Waals surface area contributed by atoms with E-state index < -0.39 is 6.10 Å². The molecule has 2 rings (SSSR count). The molecule has 2 aromatic rings. The van der Waals surface area contributed by atoms with Crippen molar-refractivity contribution in [1.82, 2.24) is 10.2 Å². The third-order valence-electron chi connectivity index (χ3n) is 3.54. The second-order valence-electron chi connectivity index (χ2n) is 5.12. The molecule has 0 saturated carbocycles. The van der Waals surface area contributed by atoms with Gasteiger partial charge in [0, 0.05) is 12.0 Å². The molecule has 0 radical (unpaired) electrons. The summed E-state index contributed by atoms with van der Waals surface area (Å²) in [4.78, 5) is 0. The van der Waals surface area contributed by atoms with E-state index in [4.69, 9.17) is 0 Å². The van der Waals surface area contributed by atoms with Crippen molar-refractivity contribution >= 4 is 0 Å². The summed E-state index contributed by atoms with van der Waals surface area (Å²) >= 11 is 0. The van der Waals surface area contributed by atoms with E-state index >= 15 is 0 Å². The molecular formula is C16H20N2O. The maximum Gasteiger partial charge on any atom is 0.0849 e. The SMILES string of the molecule is Cc1cc(C(O)Cc2c(C)cccc2C)c(C)nn1. The smallest absolute Gasteiger partial charge is 0.0849 e. The van der Waals surface area contributed by atoms with Crippen molar-refractivity contribution in [3.63, 3.8) is 0 Å². The Bertz CT molecular complexity index is 573.